The van der Waals surface area contributed by atoms with Crippen molar-refractivity contribution in [2.24, 2.45) is 0 Å². The second-order valence-corrected chi connectivity index (χ2v) is 7.87. The van der Waals surface area contributed by atoms with Crippen molar-refractivity contribution in [2.75, 3.05) is 26.6 Å². The minimum absolute atomic E-state index is 0.275. The highest BCUT2D eigenvalue weighted by Gasteiger charge is 2.26. The summed E-state index contributed by atoms with van der Waals surface area (Å²) < 4.78 is 17.9. The molecule has 1 aliphatic rings. The van der Waals surface area contributed by atoms with E-state index in [2.05, 4.69) is 5.32 Å². The minimum atomic E-state index is -0.275. The third-order valence-electron chi connectivity index (χ3n) is 4.96. The molecular weight excluding hydrogens is 402 g/mol. The fourth-order valence-electron chi connectivity index (χ4n) is 3.48. The normalized spacial score (nSPS) is 12.4. The summed E-state index contributed by atoms with van der Waals surface area (Å²) in [6.45, 7) is 2.03. The predicted octanol–water partition coefficient (Wildman–Crippen LogP) is 4.21. The van der Waals surface area contributed by atoms with Crippen molar-refractivity contribution in [3.63, 3.8) is 0 Å². The molecule has 0 spiro atoms. The highest BCUT2D eigenvalue weighted by Crippen LogP contribution is 2.39. The molecule has 2 heterocycles. The molecule has 156 valence electrons. The summed E-state index contributed by atoms with van der Waals surface area (Å²) in [7, 11) is 4.58. The van der Waals surface area contributed by atoms with Crippen LogP contribution in [0.15, 0.2) is 36.4 Å². The van der Waals surface area contributed by atoms with Crippen LogP contribution in [-0.2, 0) is 11.5 Å². The van der Waals surface area contributed by atoms with Crippen LogP contribution in [0.2, 0.25) is 0 Å². The van der Waals surface area contributed by atoms with E-state index < -0.39 is 0 Å². The van der Waals surface area contributed by atoms with Gasteiger partial charge in [-0.15, -0.1) is 0 Å². The highest BCUT2D eigenvalue weighted by molar-refractivity contribution is 7.98. The van der Waals surface area contributed by atoms with Gasteiger partial charge in [0.15, 0.2) is 11.5 Å². The molecule has 1 aliphatic heterocycles. The summed E-state index contributed by atoms with van der Waals surface area (Å²) in [5.74, 6) is 3.36. The van der Waals surface area contributed by atoms with Crippen molar-refractivity contribution in [3.8, 4) is 22.9 Å². The van der Waals surface area contributed by atoms with Crippen LogP contribution >= 0.6 is 11.8 Å². The largest absolute Gasteiger partial charge is 0.493 e. The second kappa shape index (κ2) is 8.31. The summed E-state index contributed by atoms with van der Waals surface area (Å²) in [5.41, 5.74) is 4.50. The second-order valence-electron chi connectivity index (χ2n) is 6.89. The Bertz CT molecular complexity index is 1080. The monoisotopic (exact) mass is 425 g/mol. The van der Waals surface area contributed by atoms with E-state index in [0.717, 1.165) is 34.0 Å². The molecular formula is C22H23N3O4S. The van der Waals surface area contributed by atoms with Gasteiger partial charge in [0, 0.05) is 22.6 Å². The van der Waals surface area contributed by atoms with Gasteiger partial charge in [-0.2, -0.15) is 16.9 Å². The lowest BCUT2D eigenvalue weighted by atomic mass is 10.1. The molecule has 1 aromatic heterocycles. The van der Waals surface area contributed by atoms with Crippen molar-refractivity contribution in [1.82, 2.24) is 9.78 Å². The number of aryl methyl sites for hydroxylation is 1. The van der Waals surface area contributed by atoms with E-state index in [1.54, 1.807) is 23.9 Å². The molecule has 1 N–H and O–H groups in total. The van der Waals surface area contributed by atoms with Gasteiger partial charge in [-0.05, 0) is 36.8 Å². The van der Waals surface area contributed by atoms with Crippen LogP contribution in [0.4, 0.5) is 5.82 Å². The van der Waals surface area contributed by atoms with Gasteiger partial charge in [0.2, 0.25) is 5.75 Å². The van der Waals surface area contributed by atoms with E-state index in [9.17, 15) is 4.79 Å². The van der Waals surface area contributed by atoms with Crippen molar-refractivity contribution in [2.45, 2.75) is 18.4 Å². The maximum atomic E-state index is 13.2. The molecule has 2 aromatic carbocycles. The maximum absolute atomic E-state index is 13.2. The number of methoxy groups -OCH3 is 3. The number of nitrogens with one attached hydrogen (secondary N) is 1. The van der Waals surface area contributed by atoms with Gasteiger partial charge in [0.25, 0.3) is 5.91 Å². The zero-order valence-corrected chi connectivity index (χ0v) is 18.1. The summed E-state index contributed by atoms with van der Waals surface area (Å²) in [6, 6.07) is 11.3. The summed E-state index contributed by atoms with van der Waals surface area (Å²) in [6.07, 6.45) is 0. The molecule has 4 rings (SSSR count). The molecule has 30 heavy (non-hydrogen) atoms. The number of ether oxygens (including phenoxy) is 3. The number of hydrogen-bond donors (Lipinski definition) is 1. The Balaban J connectivity index is 1.74. The van der Waals surface area contributed by atoms with Gasteiger partial charge < -0.3 is 19.5 Å². The molecule has 0 fully saturated rings. The molecule has 0 aliphatic carbocycles. The Kier molecular flexibility index (Phi) is 5.59. The first-order chi connectivity index (χ1) is 14.5. The van der Waals surface area contributed by atoms with Crippen LogP contribution in [0.3, 0.4) is 0 Å². The molecule has 0 atom stereocenters. The number of carbonyl (C=O) groups excluding carboxylic acids is 1. The Morgan fingerprint density at radius 2 is 1.80 bits per heavy atom. The van der Waals surface area contributed by atoms with Gasteiger partial charge in [-0.25, -0.2) is 4.68 Å². The third kappa shape index (κ3) is 3.59. The molecule has 8 heteroatoms. The van der Waals surface area contributed by atoms with Crippen LogP contribution in [0.5, 0.6) is 17.2 Å². The average Bonchev–Trinajstić information content (AvgIpc) is 3.35. The number of hydrogen-bond acceptors (Lipinski definition) is 6. The first kappa shape index (κ1) is 20.2. The van der Waals surface area contributed by atoms with Crippen molar-refractivity contribution < 1.29 is 19.0 Å². The highest BCUT2D eigenvalue weighted by atomic mass is 32.2. The molecule has 1 amide bonds. The van der Waals surface area contributed by atoms with Crippen molar-refractivity contribution in [3.05, 3.63) is 58.8 Å². The van der Waals surface area contributed by atoms with Crippen LogP contribution in [0, 0.1) is 6.92 Å². The fourth-order valence-corrected chi connectivity index (χ4v) is 4.51. The van der Waals surface area contributed by atoms with Gasteiger partial charge in [-0.3, -0.25) is 4.79 Å². The molecule has 0 unspecified atom stereocenters. The molecule has 7 nitrogen and oxygen atoms in total. The van der Waals surface area contributed by atoms with Crippen LogP contribution in [0.1, 0.15) is 27.2 Å². The third-order valence-corrected chi connectivity index (χ3v) is 5.93. The number of fused-ring (bicyclic) bond motifs is 1. The van der Waals surface area contributed by atoms with E-state index in [0.29, 0.717) is 28.6 Å². The molecule has 0 bridgehead atoms. The first-order valence-corrected chi connectivity index (χ1v) is 10.6. The molecule has 3 aromatic rings. The number of amides is 1. The Morgan fingerprint density at radius 3 is 2.43 bits per heavy atom. The Morgan fingerprint density at radius 1 is 1.07 bits per heavy atom. The van der Waals surface area contributed by atoms with Crippen molar-refractivity contribution in [1.29, 1.82) is 0 Å². The Labute approximate surface area is 179 Å². The van der Waals surface area contributed by atoms with E-state index in [4.69, 9.17) is 19.3 Å². The topological polar surface area (TPSA) is 74.6 Å². The number of nitrogens with zero attached hydrogens (tertiary/aromatic N) is 2. The molecule has 0 saturated heterocycles. The predicted molar refractivity (Wildman–Crippen MR) is 117 cm³/mol. The van der Waals surface area contributed by atoms with Crippen LogP contribution in [-0.4, -0.2) is 37.0 Å². The van der Waals surface area contributed by atoms with Gasteiger partial charge >= 0.3 is 0 Å². The maximum Gasteiger partial charge on any atom is 0.257 e. The number of benzene rings is 2. The number of anilines is 1. The number of rotatable bonds is 6. The van der Waals surface area contributed by atoms with Gasteiger partial charge in [0.1, 0.15) is 5.82 Å². The number of aromatic nitrogens is 2. The van der Waals surface area contributed by atoms with Gasteiger partial charge in [-0.1, -0.05) is 12.1 Å². The lowest BCUT2D eigenvalue weighted by Crippen LogP contribution is -2.16. The first-order valence-electron chi connectivity index (χ1n) is 9.42. The van der Waals surface area contributed by atoms with E-state index in [1.165, 1.54) is 21.3 Å². The van der Waals surface area contributed by atoms with Crippen molar-refractivity contribution >= 4 is 23.5 Å². The van der Waals surface area contributed by atoms with Crippen LogP contribution < -0.4 is 19.5 Å². The molecule has 0 saturated carbocycles. The zero-order chi connectivity index (χ0) is 21.3. The standard InChI is InChI=1S/C22H23N3O4S/c1-13-6-5-7-15(8-13)25-21(16-11-30-12-17(16)24-25)23-22(26)14-9-18(27-2)20(29-4)19(10-14)28-3/h5-10H,11-12H2,1-4H3,(H,23,26). The summed E-state index contributed by atoms with van der Waals surface area (Å²) in [5, 5.41) is 7.82. The van der Waals surface area contributed by atoms with E-state index in [1.807, 2.05) is 35.9 Å². The lowest BCUT2D eigenvalue weighted by Gasteiger charge is -2.15. The Hall–Kier alpha value is -3.13. The zero-order valence-electron chi connectivity index (χ0n) is 17.3. The SMILES string of the molecule is COc1cc(C(=O)Nc2c3c(nn2-c2cccc(C)c2)CSC3)cc(OC)c1OC. The van der Waals surface area contributed by atoms with Gasteiger partial charge in [0.05, 0.1) is 32.7 Å². The number of carbonyl (C=O) groups is 1. The average molecular weight is 426 g/mol. The quantitative estimate of drug-likeness (QED) is 0.638. The van der Waals surface area contributed by atoms with E-state index >= 15 is 0 Å². The smallest absolute Gasteiger partial charge is 0.257 e. The number of thioether (sulfide) groups is 1. The summed E-state index contributed by atoms with van der Waals surface area (Å²) >= 11 is 1.79. The summed E-state index contributed by atoms with van der Waals surface area (Å²) in [4.78, 5) is 13.2. The molecule has 0 radical (unpaired) electrons. The minimum Gasteiger partial charge on any atom is -0.493 e. The fraction of sp³-hybridized carbons (Fsp3) is 0.273. The lowest BCUT2D eigenvalue weighted by molar-refractivity contribution is 0.102. The van der Waals surface area contributed by atoms with Crippen LogP contribution in [0.25, 0.3) is 5.69 Å². The van der Waals surface area contributed by atoms with E-state index in [-0.39, 0.29) is 5.91 Å².